The van der Waals surface area contributed by atoms with E-state index in [1.807, 2.05) is 12.1 Å². The van der Waals surface area contributed by atoms with Crippen molar-refractivity contribution in [1.82, 2.24) is 10.3 Å². The number of nitrogens with one attached hydrogen (secondary N) is 1. The van der Waals surface area contributed by atoms with Gasteiger partial charge in [0.05, 0.1) is 7.11 Å². The van der Waals surface area contributed by atoms with Crippen LogP contribution in [-0.4, -0.2) is 31.3 Å². The minimum absolute atomic E-state index is 0.479. The summed E-state index contributed by atoms with van der Waals surface area (Å²) in [6, 6.07) is 5.95. The second-order valence-electron chi connectivity index (χ2n) is 3.48. The van der Waals surface area contributed by atoms with Gasteiger partial charge < -0.3 is 14.8 Å². The van der Waals surface area contributed by atoms with Crippen molar-refractivity contribution in [2.45, 2.75) is 19.9 Å². The average Bonchev–Trinajstić information content (AvgIpc) is 2.24. The fourth-order valence-electron chi connectivity index (χ4n) is 1.09. The standard InChI is InChI=1S/C11H18N2O2/c1-9(2)12-7-8-15-11-6-4-5-10(13-11)14-3/h4-6,9,12H,7-8H2,1-3H3. The van der Waals surface area contributed by atoms with Crippen LogP contribution in [-0.2, 0) is 0 Å². The predicted molar refractivity (Wildman–Crippen MR) is 59.4 cm³/mol. The number of methoxy groups -OCH3 is 1. The van der Waals surface area contributed by atoms with Crippen LogP contribution in [0.2, 0.25) is 0 Å². The lowest BCUT2D eigenvalue weighted by Gasteiger charge is -2.09. The van der Waals surface area contributed by atoms with Crippen molar-refractivity contribution in [3.05, 3.63) is 18.2 Å². The third-order valence-electron chi connectivity index (χ3n) is 1.81. The average molecular weight is 210 g/mol. The fraction of sp³-hybridized carbons (Fsp3) is 0.545. The second-order valence-corrected chi connectivity index (χ2v) is 3.48. The summed E-state index contributed by atoms with van der Waals surface area (Å²) < 4.78 is 10.4. The van der Waals surface area contributed by atoms with E-state index in [2.05, 4.69) is 24.1 Å². The Kier molecular flexibility index (Phi) is 4.90. The van der Waals surface area contributed by atoms with Crippen molar-refractivity contribution >= 4 is 0 Å². The summed E-state index contributed by atoms with van der Waals surface area (Å²) in [4.78, 5) is 4.14. The van der Waals surface area contributed by atoms with E-state index in [1.165, 1.54) is 0 Å². The third kappa shape index (κ3) is 4.65. The molecule has 0 fully saturated rings. The van der Waals surface area contributed by atoms with E-state index < -0.39 is 0 Å². The first-order valence-electron chi connectivity index (χ1n) is 5.09. The molecule has 1 rings (SSSR count). The number of hydrogen-bond acceptors (Lipinski definition) is 4. The summed E-state index contributed by atoms with van der Waals surface area (Å²) in [5, 5.41) is 3.26. The van der Waals surface area contributed by atoms with Gasteiger partial charge in [-0.15, -0.1) is 0 Å². The zero-order valence-corrected chi connectivity index (χ0v) is 9.49. The van der Waals surface area contributed by atoms with E-state index in [0.717, 1.165) is 6.54 Å². The van der Waals surface area contributed by atoms with Crippen LogP contribution in [0.15, 0.2) is 18.2 Å². The second kappa shape index (κ2) is 6.24. The Morgan fingerprint density at radius 2 is 2.07 bits per heavy atom. The highest BCUT2D eigenvalue weighted by atomic mass is 16.5. The van der Waals surface area contributed by atoms with Crippen LogP contribution in [0.25, 0.3) is 0 Å². The van der Waals surface area contributed by atoms with E-state index in [4.69, 9.17) is 9.47 Å². The zero-order chi connectivity index (χ0) is 11.1. The Morgan fingerprint density at radius 1 is 1.33 bits per heavy atom. The Bertz CT molecular complexity index is 290. The molecule has 0 radical (unpaired) electrons. The van der Waals surface area contributed by atoms with E-state index in [-0.39, 0.29) is 0 Å². The Balaban J connectivity index is 2.30. The first-order valence-corrected chi connectivity index (χ1v) is 5.09. The molecule has 0 saturated heterocycles. The van der Waals surface area contributed by atoms with Crippen molar-refractivity contribution in [3.63, 3.8) is 0 Å². The topological polar surface area (TPSA) is 43.4 Å². The highest BCUT2D eigenvalue weighted by Crippen LogP contribution is 2.12. The molecule has 1 N–H and O–H groups in total. The first kappa shape index (κ1) is 11.8. The van der Waals surface area contributed by atoms with Gasteiger partial charge in [0, 0.05) is 24.7 Å². The molecule has 0 bridgehead atoms. The van der Waals surface area contributed by atoms with Crippen molar-refractivity contribution in [2.24, 2.45) is 0 Å². The van der Waals surface area contributed by atoms with Gasteiger partial charge in [-0.2, -0.15) is 4.98 Å². The number of hydrogen-bond donors (Lipinski definition) is 1. The minimum Gasteiger partial charge on any atom is -0.481 e. The lowest BCUT2D eigenvalue weighted by atomic mass is 10.4. The molecule has 0 atom stereocenters. The maximum Gasteiger partial charge on any atom is 0.216 e. The smallest absolute Gasteiger partial charge is 0.216 e. The van der Waals surface area contributed by atoms with E-state index in [9.17, 15) is 0 Å². The Hall–Kier alpha value is -1.29. The summed E-state index contributed by atoms with van der Waals surface area (Å²) >= 11 is 0. The molecule has 0 saturated carbocycles. The van der Waals surface area contributed by atoms with Crippen LogP contribution in [0.5, 0.6) is 11.8 Å². The Morgan fingerprint density at radius 3 is 2.73 bits per heavy atom. The molecule has 4 heteroatoms. The highest BCUT2D eigenvalue weighted by molar-refractivity contribution is 5.19. The van der Waals surface area contributed by atoms with Crippen LogP contribution < -0.4 is 14.8 Å². The molecule has 0 aliphatic rings. The third-order valence-corrected chi connectivity index (χ3v) is 1.81. The molecule has 0 spiro atoms. The molecule has 1 aromatic heterocycles. The number of aromatic nitrogens is 1. The zero-order valence-electron chi connectivity index (χ0n) is 9.49. The van der Waals surface area contributed by atoms with Gasteiger partial charge in [-0.05, 0) is 0 Å². The molecular formula is C11H18N2O2. The van der Waals surface area contributed by atoms with Crippen molar-refractivity contribution in [3.8, 4) is 11.8 Å². The first-order chi connectivity index (χ1) is 7.22. The molecule has 0 amide bonds. The minimum atomic E-state index is 0.479. The summed E-state index contributed by atoms with van der Waals surface area (Å²) in [6.07, 6.45) is 0. The van der Waals surface area contributed by atoms with E-state index in [0.29, 0.717) is 24.4 Å². The number of rotatable bonds is 6. The van der Waals surface area contributed by atoms with Crippen LogP contribution in [0.1, 0.15) is 13.8 Å². The molecule has 84 valence electrons. The fourth-order valence-corrected chi connectivity index (χ4v) is 1.09. The Labute approximate surface area is 90.6 Å². The summed E-state index contributed by atoms with van der Waals surface area (Å²) in [7, 11) is 1.59. The maximum absolute atomic E-state index is 5.45. The van der Waals surface area contributed by atoms with Crippen molar-refractivity contribution in [2.75, 3.05) is 20.3 Å². The lowest BCUT2D eigenvalue weighted by Crippen LogP contribution is -2.27. The van der Waals surface area contributed by atoms with E-state index in [1.54, 1.807) is 13.2 Å². The van der Waals surface area contributed by atoms with Gasteiger partial charge in [-0.1, -0.05) is 19.9 Å². The summed E-state index contributed by atoms with van der Waals surface area (Å²) in [6.45, 7) is 5.63. The van der Waals surface area contributed by atoms with Crippen LogP contribution in [0.4, 0.5) is 0 Å². The SMILES string of the molecule is COc1cccc(OCCNC(C)C)n1. The predicted octanol–water partition coefficient (Wildman–Crippen LogP) is 1.47. The molecule has 1 aromatic rings. The number of ether oxygens (including phenoxy) is 2. The summed E-state index contributed by atoms with van der Waals surface area (Å²) in [5.41, 5.74) is 0. The number of pyridine rings is 1. The van der Waals surface area contributed by atoms with Gasteiger partial charge in [0.15, 0.2) is 0 Å². The molecule has 15 heavy (non-hydrogen) atoms. The summed E-state index contributed by atoms with van der Waals surface area (Å²) in [5.74, 6) is 1.17. The van der Waals surface area contributed by atoms with Crippen LogP contribution >= 0.6 is 0 Å². The highest BCUT2D eigenvalue weighted by Gasteiger charge is 1.98. The lowest BCUT2D eigenvalue weighted by molar-refractivity contribution is 0.291. The van der Waals surface area contributed by atoms with Gasteiger partial charge in [0.2, 0.25) is 11.8 Å². The van der Waals surface area contributed by atoms with Crippen LogP contribution in [0.3, 0.4) is 0 Å². The van der Waals surface area contributed by atoms with Crippen molar-refractivity contribution in [1.29, 1.82) is 0 Å². The normalized spacial score (nSPS) is 10.4. The molecule has 0 aliphatic heterocycles. The largest absolute Gasteiger partial charge is 0.481 e. The van der Waals surface area contributed by atoms with Gasteiger partial charge in [-0.3, -0.25) is 0 Å². The number of nitrogens with zero attached hydrogens (tertiary/aromatic N) is 1. The molecule has 0 aliphatic carbocycles. The molecule has 4 nitrogen and oxygen atoms in total. The van der Waals surface area contributed by atoms with Gasteiger partial charge in [0.1, 0.15) is 6.61 Å². The molecular weight excluding hydrogens is 192 g/mol. The maximum atomic E-state index is 5.45. The van der Waals surface area contributed by atoms with E-state index >= 15 is 0 Å². The molecule has 0 aromatic carbocycles. The molecule has 1 heterocycles. The monoisotopic (exact) mass is 210 g/mol. The van der Waals surface area contributed by atoms with Gasteiger partial charge in [0.25, 0.3) is 0 Å². The van der Waals surface area contributed by atoms with Crippen molar-refractivity contribution < 1.29 is 9.47 Å². The van der Waals surface area contributed by atoms with Crippen LogP contribution in [0, 0.1) is 0 Å². The van der Waals surface area contributed by atoms with Gasteiger partial charge >= 0.3 is 0 Å². The quantitative estimate of drug-likeness (QED) is 0.722. The molecule has 0 unspecified atom stereocenters. The van der Waals surface area contributed by atoms with Gasteiger partial charge in [-0.25, -0.2) is 0 Å².